The highest BCUT2D eigenvalue weighted by Gasteiger charge is 2.27. The van der Waals surface area contributed by atoms with Gasteiger partial charge in [0, 0.05) is 13.7 Å². The number of methoxy groups -OCH3 is 1. The molecule has 0 saturated carbocycles. The molecule has 0 aliphatic heterocycles. The number of nitrogens with zero attached hydrogens (tertiary/aromatic N) is 1. The van der Waals surface area contributed by atoms with Crippen LogP contribution in [0.2, 0.25) is 0 Å². The average Bonchev–Trinajstić information content (AvgIpc) is 2.80. The molecule has 1 atom stereocenters. The quantitative estimate of drug-likeness (QED) is 0.818. The predicted molar refractivity (Wildman–Crippen MR) is 65.4 cm³/mol. The molecule has 0 aromatic carbocycles. The second-order valence-electron chi connectivity index (χ2n) is 4.79. The lowest BCUT2D eigenvalue weighted by atomic mass is 10.1. The Hall–Kier alpha value is -1.47. The van der Waals surface area contributed by atoms with Gasteiger partial charge in [-0.3, -0.25) is 4.79 Å². The minimum absolute atomic E-state index is 0.0183. The number of nitrogens with one attached hydrogen (secondary N) is 1. The number of alkyl halides is 1. The highest BCUT2D eigenvalue weighted by molar-refractivity contribution is 5.94. The van der Waals surface area contributed by atoms with Gasteiger partial charge in [0.05, 0.1) is 11.2 Å². The van der Waals surface area contributed by atoms with Gasteiger partial charge in [-0.2, -0.15) is 0 Å². The molecule has 1 rings (SSSR count). The lowest BCUT2D eigenvalue weighted by Gasteiger charge is -2.22. The number of hydrogen-bond acceptors (Lipinski definition) is 5. The van der Waals surface area contributed by atoms with Crippen molar-refractivity contribution in [1.29, 1.82) is 0 Å². The summed E-state index contributed by atoms with van der Waals surface area (Å²) in [6, 6.07) is 0. The zero-order valence-electron chi connectivity index (χ0n) is 11.5. The molecular weight excluding hydrogens is 255 g/mol. The van der Waals surface area contributed by atoms with Gasteiger partial charge in [-0.15, -0.1) is 0 Å². The fourth-order valence-electron chi connectivity index (χ4n) is 1.47. The normalized spacial score (nSPS) is 13.4. The van der Waals surface area contributed by atoms with Crippen LogP contribution < -0.4 is 5.32 Å². The number of carbonyl (C=O) groups is 1. The standard InChI is InChI=1S/C12H19FN2O4/c1-7(13)9-8(5-16)19-15-10(9)11(17)14-6-12(2,3)18-4/h7,16H,5-6H2,1-4H3,(H,14,17). The van der Waals surface area contributed by atoms with Gasteiger partial charge in [0.15, 0.2) is 11.5 Å². The molecule has 1 unspecified atom stereocenters. The Morgan fingerprint density at radius 2 is 2.26 bits per heavy atom. The maximum Gasteiger partial charge on any atom is 0.273 e. The van der Waals surface area contributed by atoms with Gasteiger partial charge in [-0.25, -0.2) is 4.39 Å². The Morgan fingerprint density at radius 1 is 1.63 bits per heavy atom. The molecule has 0 bridgehead atoms. The van der Waals surface area contributed by atoms with E-state index >= 15 is 0 Å². The molecule has 1 aromatic rings. The summed E-state index contributed by atoms with van der Waals surface area (Å²) in [7, 11) is 1.53. The number of halogens is 1. The largest absolute Gasteiger partial charge is 0.388 e. The fourth-order valence-corrected chi connectivity index (χ4v) is 1.47. The molecule has 0 saturated heterocycles. The van der Waals surface area contributed by atoms with Crippen molar-refractivity contribution >= 4 is 5.91 Å². The molecule has 1 aromatic heterocycles. The number of carbonyl (C=O) groups excluding carboxylic acids is 1. The van der Waals surface area contributed by atoms with Crippen LogP contribution in [0.15, 0.2) is 4.52 Å². The van der Waals surface area contributed by atoms with E-state index < -0.39 is 24.3 Å². The molecule has 0 aliphatic rings. The van der Waals surface area contributed by atoms with Crippen molar-refractivity contribution in [2.24, 2.45) is 0 Å². The van der Waals surface area contributed by atoms with Gasteiger partial charge < -0.3 is 19.7 Å². The SMILES string of the molecule is COC(C)(C)CNC(=O)c1noc(CO)c1C(C)F. The van der Waals surface area contributed by atoms with Crippen LogP contribution in [-0.2, 0) is 11.3 Å². The number of aliphatic hydroxyl groups excluding tert-OH is 1. The van der Waals surface area contributed by atoms with E-state index in [0.29, 0.717) is 0 Å². The molecule has 7 heteroatoms. The number of rotatable bonds is 6. The maximum atomic E-state index is 13.5. The fraction of sp³-hybridized carbons (Fsp3) is 0.667. The minimum Gasteiger partial charge on any atom is -0.388 e. The van der Waals surface area contributed by atoms with Gasteiger partial charge in [0.1, 0.15) is 12.8 Å². The van der Waals surface area contributed by atoms with E-state index in [9.17, 15) is 9.18 Å². The Balaban J connectivity index is 2.86. The van der Waals surface area contributed by atoms with Crippen molar-refractivity contribution in [1.82, 2.24) is 10.5 Å². The summed E-state index contributed by atoms with van der Waals surface area (Å²) in [5.41, 5.74) is -0.707. The summed E-state index contributed by atoms with van der Waals surface area (Å²) in [6.07, 6.45) is -1.45. The molecule has 0 spiro atoms. The van der Waals surface area contributed by atoms with Gasteiger partial charge in [-0.1, -0.05) is 5.16 Å². The number of aliphatic hydroxyl groups is 1. The number of ether oxygens (including phenoxy) is 1. The number of amides is 1. The van der Waals surface area contributed by atoms with Crippen LogP contribution in [0.4, 0.5) is 4.39 Å². The van der Waals surface area contributed by atoms with Crippen molar-refractivity contribution in [2.45, 2.75) is 39.2 Å². The molecule has 0 radical (unpaired) electrons. The monoisotopic (exact) mass is 274 g/mol. The predicted octanol–water partition coefficient (Wildman–Crippen LogP) is 1.35. The third-order valence-electron chi connectivity index (χ3n) is 2.79. The molecule has 2 N–H and O–H groups in total. The zero-order chi connectivity index (χ0) is 14.6. The first-order chi connectivity index (χ1) is 8.82. The maximum absolute atomic E-state index is 13.5. The van der Waals surface area contributed by atoms with Crippen LogP contribution in [0.3, 0.4) is 0 Å². The average molecular weight is 274 g/mol. The third-order valence-corrected chi connectivity index (χ3v) is 2.79. The summed E-state index contributed by atoms with van der Waals surface area (Å²) in [5, 5.41) is 15.1. The zero-order valence-corrected chi connectivity index (χ0v) is 11.5. The van der Waals surface area contributed by atoms with Gasteiger partial charge in [-0.05, 0) is 20.8 Å². The van der Waals surface area contributed by atoms with E-state index in [1.165, 1.54) is 14.0 Å². The van der Waals surface area contributed by atoms with Gasteiger partial charge in [0.2, 0.25) is 0 Å². The molecule has 0 aliphatic carbocycles. The summed E-state index contributed by atoms with van der Waals surface area (Å²) in [6.45, 7) is 4.58. The summed E-state index contributed by atoms with van der Waals surface area (Å²) >= 11 is 0. The number of hydrogen-bond donors (Lipinski definition) is 2. The van der Waals surface area contributed by atoms with Crippen LogP contribution in [0.25, 0.3) is 0 Å². The van der Waals surface area contributed by atoms with E-state index in [1.807, 2.05) is 0 Å². The Labute approximate surface area is 110 Å². The minimum atomic E-state index is -1.45. The van der Waals surface area contributed by atoms with Crippen molar-refractivity contribution in [3.05, 3.63) is 17.0 Å². The number of aromatic nitrogens is 1. The molecule has 108 valence electrons. The van der Waals surface area contributed by atoms with E-state index in [1.54, 1.807) is 13.8 Å². The second kappa shape index (κ2) is 6.12. The topological polar surface area (TPSA) is 84.6 Å². The van der Waals surface area contributed by atoms with E-state index in [-0.39, 0.29) is 23.6 Å². The van der Waals surface area contributed by atoms with Crippen molar-refractivity contribution in [3.8, 4) is 0 Å². The third kappa shape index (κ3) is 3.74. The van der Waals surface area contributed by atoms with E-state index in [2.05, 4.69) is 10.5 Å². The Morgan fingerprint density at radius 3 is 2.74 bits per heavy atom. The van der Waals surface area contributed by atoms with Crippen molar-refractivity contribution < 1.29 is 23.6 Å². The second-order valence-corrected chi connectivity index (χ2v) is 4.79. The lowest BCUT2D eigenvalue weighted by molar-refractivity contribution is 0.0227. The highest BCUT2D eigenvalue weighted by atomic mass is 19.1. The molecule has 1 heterocycles. The molecular formula is C12H19FN2O4. The van der Waals surface area contributed by atoms with Gasteiger partial charge in [0.25, 0.3) is 5.91 Å². The summed E-state index contributed by atoms with van der Waals surface area (Å²) in [4.78, 5) is 11.9. The Bertz CT molecular complexity index is 443. The molecule has 1 amide bonds. The molecule has 6 nitrogen and oxygen atoms in total. The molecule has 0 fully saturated rings. The van der Waals surface area contributed by atoms with Crippen molar-refractivity contribution in [2.75, 3.05) is 13.7 Å². The van der Waals surface area contributed by atoms with E-state index in [0.717, 1.165) is 0 Å². The summed E-state index contributed by atoms with van der Waals surface area (Å²) < 4.78 is 23.4. The van der Waals surface area contributed by atoms with Crippen LogP contribution in [-0.4, -0.2) is 35.4 Å². The summed E-state index contributed by atoms with van der Waals surface area (Å²) in [5.74, 6) is -0.598. The first kappa shape index (κ1) is 15.6. The first-order valence-corrected chi connectivity index (χ1v) is 5.89. The lowest BCUT2D eigenvalue weighted by Crippen LogP contribution is -2.40. The van der Waals surface area contributed by atoms with Crippen LogP contribution in [0.1, 0.15) is 48.8 Å². The molecule has 19 heavy (non-hydrogen) atoms. The smallest absolute Gasteiger partial charge is 0.273 e. The van der Waals surface area contributed by atoms with E-state index in [4.69, 9.17) is 14.4 Å². The van der Waals surface area contributed by atoms with Crippen molar-refractivity contribution in [3.63, 3.8) is 0 Å². The first-order valence-electron chi connectivity index (χ1n) is 5.89. The van der Waals surface area contributed by atoms with Gasteiger partial charge >= 0.3 is 0 Å². The van der Waals surface area contributed by atoms with Crippen LogP contribution in [0.5, 0.6) is 0 Å². The Kier molecular flexibility index (Phi) is 5.02. The highest BCUT2D eigenvalue weighted by Crippen LogP contribution is 2.25. The van der Waals surface area contributed by atoms with Crippen LogP contribution >= 0.6 is 0 Å². The van der Waals surface area contributed by atoms with Crippen LogP contribution in [0, 0.1) is 0 Å².